The topological polar surface area (TPSA) is 49.8 Å². The first-order chi connectivity index (χ1) is 10.2. The van der Waals surface area contributed by atoms with Crippen LogP contribution in [0.1, 0.15) is 5.56 Å². The maximum Gasteiger partial charge on any atom is 0.219 e. The van der Waals surface area contributed by atoms with Gasteiger partial charge in [0.15, 0.2) is 11.5 Å². The molecule has 1 heterocycles. The van der Waals surface area contributed by atoms with E-state index in [9.17, 15) is 0 Å². The van der Waals surface area contributed by atoms with Gasteiger partial charge in [-0.3, -0.25) is 0 Å². The fourth-order valence-corrected chi connectivity index (χ4v) is 1.99. The fourth-order valence-electron chi connectivity index (χ4n) is 1.83. The van der Waals surface area contributed by atoms with Crippen molar-refractivity contribution in [3.05, 3.63) is 36.0 Å². The Kier molecular flexibility index (Phi) is 5.11. The molecule has 2 aromatic rings. The number of pyridine rings is 1. The third-order valence-electron chi connectivity index (χ3n) is 2.81. The third-order valence-corrected chi connectivity index (χ3v) is 3.12. The van der Waals surface area contributed by atoms with Crippen molar-refractivity contribution >= 4 is 11.6 Å². The Morgan fingerprint density at radius 1 is 1.00 bits per heavy atom. The van der Waals surface area contributed by atoms with E-state index in [4.69, 9.17) is 30.5 Å². The molecule has 5 nitrogen and oxygen atoms in total. The Labute approximate surface area is 128 Å². The van der Waals surface area contributed by atoms with Crippen molar-refractivity contribution in [3.8, 4) is 28.9 Å². The molecule has 0 fully saturated rings. The van der Waals surface area contributed by atoms with E-state index in [-0.39, 0.29) is 0 Å². The fraction of sp³-hybridized carbons (Fsp3) is 0.267. The van der Waals surface area contributed by atoms with E-state index in [1.54, 1.807) is 45.7 Å². The SMILES string of the molecule is COc1cc(Oc2cc(CCl)ccn2)cc(OC)c1OC. The number of hydrogen-bond acceptors (Lipinski definition) is 5. The Balaban J connectivity index is 2.35. The zero-order chi connectivity index (χ0) is 15.2. The molecule has 0 unspecified atom stereocenters. The van der Waals surface area contributed by atoms with E-state index in [1.807, 2.05) is 6.07 Å². The van der Waals surface area contributed by atoms with Crippen LogP contribution in [-0.4, -0.2) is 26.3 Å². The quantitative estimate of drug-likeness (QED) is 0.762. The van der Waals surface area contributed by atoms with Gasteiger partial charge < -0.3 is 18.9 Å². The van der Waals surface area contributed by atoms with Crippen molar-refractivity contribution in [3.63, 3.8) is 0 Å². The van der Waals surface area contributed by atoms with Crippen LogP contribution in [0.5, 0.6) is 28.9 Å². The minimum atomic E-state index is 0.397. The van der Waals surface area contributed by atoms with Crippen molar-refractivity contribution < 1.29 is 18.9 Å². The number of hydrogen-bond donors (Lipinski definition) is 0. The van der Waals surface area contributed by atoms with Crippen LogP contribution in [0.4, 0.5) is 0 Å². The lowest BCUT2D eigenvalue weighted by atomic mass is 10.2. The van der Waals surface area contributed by atoms with Gasteiger partial charge in [0.05, 0.1) is 21.3 Å². The normalized spacial score (nSPS) is 10.1. The Morgan fingerprint density at radius 2 is 1.67 bits per heavy atom. The van der Waals surface area contributed by atoms with Gasteiger partial charge in [0.2, 0.25) is 11.6 Å². The molecule has 0 amide bonds. The van der Waals surface area contributed by atoms with Crippen molar-refractivity contribution in [2.24, 2.45) is 0 Å². The van der Waals surface area contributed by atoms with Crippen LogP contribution in [0, 0.1) is 0 Å². The van der Waals surface area contributed by atoms with E-state index in [2.05, 4.69) is 4.98 Å². The van der Waals surface area contributed by atoms with Crippen LogP contribution in [0.25, 0.3) is 0 Å². The van der Waals surface area contributed by atoms with Crippen LogP contribution >= 0.6 is 11.6 Å². The van der Waals surface area contributed by atoms with E-state index in [0.29, 0.717) is 34.8 Å². The second kappa shape index (κ2) is 7.04. The molecule has 0 aliphatic heterocycles. The molecule has 0 bridgehead atoms. The molecule has 112 valence electrons. The lowest BCUT2D eigenvalue weighted by Crippen LogP contribution is -1.96. The average molecular weight is 310 g/mol. The lowest BCUT2D eigenvalue weighted by molar-refractivity contribution is 0.320. The van der Waals surface area contributed by atoms with Crippen LogP contribution in [0.3, 0.4) is 0 Å². The molecule has 0 aliphatic rings. The molecular weight excluding hydrogens is 294 g/mol. The van der Waals surface area contributed by atoms with Crippen molar-refractivity contribution in [1.29, 1.82) is 0 Å². The van der Waals surface area contributed by atoms with Gasteiger partial charge in [0.1, 0.15) is 5.75 Å². The van der Waals surface area contributed by atoms with Crippen molar-refractivity contribution in [2.75, 3.05) is 21.3 Å². The summed E-state index contributed by atoms with van der Waals surface area (Å²) >= 11 is 5.80. The monoisotopic (exact) mass is 309 g/mol. The standard InChI is InChI=1S/C15H16ClNO4/c1-18-12-7-11(8-13(19-2)15(12)20-3)21-14-6-10(9-16)4-5-17-14/h4-8H,9H2,1-3H3. The highest BCUT2D eigenvalue weighted by Gasteiger charge is 2.14. The highest BCUT2D eigenvalue weighted by Crippen LogP contribution is 2.41. The van der Waals surface area contributed by atoms with Crippen molar-refractivity contribution in [2.45, 2.75) is 5.88 Å². The molecule has 21 heavy (non-hydrogen) atoms. The molecule has 0 aliphatic carbocycles. The number of rotatable bonds is 6. The van der Waals surface area contributed by atoms with Gasteiger partial charge in [0.25, 0.3) is 0 Å². The summed E-state index contributed by atoms with van der Waals surface area (Å²) in [7, 11) is 4.65. The first-order valence-corrected chi connectivity index (χ1v) is 6.74. The smallest absolute Gasteiger partial charge is 0.219 e. The molecule has 0 radical (unpaired) electrons. The van der Waals surface area contributed by atoms with Crippen molar-refractivity contribution in [1.82, 2.24) is 4.98 Å². The van der Waals surface area contributed by atoms with Gasteiger partial charge >= 0.3 is 0 Å². The second-order valence-electron chi connectivity index (χ2n) is 4.10. The molecule has 6 heteroatoms. The van der Waals surface area contributed by atoms with E-state index < -0.39 is 0 Å². The molecule has 1 aromatic heterocycles. The molecule has 0 atom stereocenters. The number of aromatic nitrogens is 1. The summed E-state index contributed by atoms with van der Waals surface area (Å²) in [6, 6.07) is 7.01. The van der Waals surface area contributed by atoms with Crippen LogP contribution < -0.4 is 18.9 Å². The summed E-state index contributed by atoms with van der Waals surface area (Å²) in [5.74, 6) is 2.91. The van der Waals surface area contributed by atoms with Gasteiger partial charge in [-0.25, -0.2) is 4.98 Å². The van der Waals surface area contributed by atoms with Gasteiger partial charge in [-0.05, 0) is 11.6 Å². The molecule has 1 aromatic carbocycles. The van der Waals surface area contributed by atoms with E-state index in [0.717, 1.165) is 5.56 Å². The molecule has 2 rings (SSSR count). The number of alkyl halides is 1. The van der Waals surface area contributed by atoms with Crippen LogP contribution in [0.15, 0.2) is 30.5 Å². The zero-order valence-electron chi connectivity index (χ0n) is 12.1. The van der Waals surface area contributed by atoms with Gasteiger partial charge in [-0.15, -0.1) is 11.6 Å². The van der Waals surface area contributed by atoms with E-state index >= 15 is 0 Å². The number of halogens is 1. The zero-order valence-corrected chi connectivity index (χ0v) is 12.8. The minimum absolute atomic E-state index is 0.397. The average Bonchev–Trinajstić information content (AvgIpc) is 2.53. The van der Waals surface area contributed by atoms with Crippen LogP contribution in [0.2, 0.25) is 0 Å². The molecule has 0 saturated carbocycles. The summed E-state index contributed by atoms with van der Waals surface area (Å²) in [6.45, 7) is 0. The number of nitrogens with zero attached hydrogens (tertiary/aromatic N) is 1. The van der Waals surface area contributed by atoms with E-state index in [1.165, 1.54) is 0 Å². The Hall–Kier alpha value is -2.14. The van der Waals surface area contributed by atoms with Gasteiger partial charge in [-0.1, -0.05) is 0 Å². The third kappa shape index (κ3) is 3.49. The summed E-state index contributed by atoms with van der Waals surface area (Å²) in [6.07, 6.45) is 1.64. The Morgan fingerprint density at radius 3 is 2.19 bits per heavy atom. The summed E-state index contributed by atoms with van der Waals surface area (Å²) in [4.78, 5) is 4.14. The summed E-state index contributed by atoms with van der Waals surface area (Å²) in [5.41, 5.74) is 0.925. The highest BCUT2D eigenvalue weighted by molar-refractivity contribution is 6.17. The Bertz CT molecular complexity index is 593. The molecule has 0 saturated heterocycles. The second-order valence-corrected chi connectivity index (χ2v) is 4.37. The number of ether oxygens (including phenoxy) is 4. The van der Waals surface area contributed by atoms with Gasteiger partial charge in [-0.2, -0.15) is 0 Å². The van der Waals surface area contributed by atoms with Crippen LogP contribution in [-0.2, 0) is 5.88 Å². The predicted octanol–water partition coefficient (Wildman–Crippen LogP) is 3.64. The number of benzene rings is 1. The first kappa shape index (κ1) is 15.3. The maximum atomic E-state index is 5.80. The maximum absolute atomic E-state index is 5.80. The molecule has 0 N–H and O–H groups in total. The van der Waals surface area contributed by atoms with Gasteiger partial charge in [0, 0.05) is 30.3 Å². The summed E-state index contributed by atoms with van der Waals surface area (Å²) in [5, 5.41) is 0. The summed E-state index contributed by atoms with van der Waals surface area (Å²) < 4.78 is 21.5. The largest absolute Gasteiger partial charge is 0.493 e. The predicted molar refractivity (Wildman–Crippen MR) is 80.0 cm³/mol. The lowest BCUT2D eigenvalue weighted by Gasteiger charge is -2.14. The number of methoxy groups -OCH3 is 3. The highest BCUT2D eigenvalue weighted by atomic mass is 35.5. The minimum Gasteiger partial charge on any atom is -0.493 e. The molecular formula is C15H16ClNO4. The first-order valence-electron chi connectivity index (χ1n) is 6.20. The molecule has 0 spiro atoms.